The molecule has 2 aromatic rings. The summed E-state index contributed by atoms with van der Waals surface area (Å²) in [5.74, 6) is 1.82. The number of rotatable bonds is 7. The summed E-state index contributed by atoms with van der Waals surface area (Å²) in [5.41, 5.74) is -0.131. The zero-order chi connectivity index (χ0) is 16.8. The molecule has 0 spiro atoms. The molecular formula is C20H24ClNO2. The van der Waals surface area contributed by atoms with E-state index >= 15 is 0 Å². The van der Waals surface area contributed by atoms with E-state index in [9.17, 15) is 0 Å². The van der Waals surface area contributed by atoms with Crippen LogP contribution in [0.25, 0.3) is 0 Å². The van der Waals surface area contributed by atoms with Crippen LogP contribution in [0.15, 0.2) is 54.6 Å². The number of ether oxygens (including phenoxy) is 2. The molecule has 0 radical (unpaired) electrons. The van der Waals surface area contributed by atoms with Crippen LogP contribution in [0.5, 0.6) is 11.5 Å². The van der Waals surface area contributed by atoms with Crippen molar-refractivity contribution in [1.29, 1.82) is 0 Å². The van der Waals surface area contributed by atoms with E-state index in [0.717, 1.165) is 55.6 Å². The van der Waals surface area contributed by atoms with Gasteiger partial charge in [0.15, 0.2) is 0 Å². The van der Waals surface area contributed by atoms with Crippen molar-refractivity contribution in [3.8, 4) is 11.5 Å². The Kier molecular flexibility index (Phi) is 5.64. The first kappa shape index (κ1) is 17.1. The van der Waals surface area contributed by atoms with E-state index in [4.69, 9.17) is 21.1 Å². The number of nitrogens with zero attached hydrogens (tertiary/aromatic N) is 1. The molecule has 128 valence electrons. The van der Waals surface area contributed by atoms with Gasteiger partial charge in [0.1, 0.15) is 17.1 Å². The number of likely N-dealkylation sites (tertiary alicyclic amines) is 1. The monoisotopic (exact) mass is 345 g/mol. The van der Waals surface area contributed by atoms with Crippen LogP contribution in [-0.4, -0.2) is 36.7 Å². The summed E-state index contributed by atoms with van der Waals surface area (Å²) in [6.45, 7) is 5.97. The molecule has 0 bridgehead atoms. The van der Waals surface area contributed by atoms with Gasteiger partial charge in [0.05, 0.1) is 6.61 Å². The average Bonchev–Trinajstić information content (AvgIpc) is 2.96. The van der Waals surface area contributed by atoms with Gasteiger partial charge in [-0.2, -0.15) is 0 Å². The van der Waals surface area contributed by atoms with Gasteiger partial charge in [0.25, 0.3) is 0 Å². The lowest BCUT2D eigenvalue weighted by atomic mass is 10.1. The van der Waals surface area contributed by atoms with Crippen molar-refractivity contribution in [3.05, 3.63) is 59.6 Å². The standard InChI is InChI=1S/C20H24ClNO2/c1-20(24-19-10-8-17(21)9-11-19)12-14-22(16-20)13-5-15-23-18-6-3-2-4-7-18/h2-4,6-11H,5,12-16H2,1H3. The van der Waals surface area contributed by atoms with Crippen LogP contribution in [0.3, 0.4) is 0 Å². The molecule has 2 aromatic carbocycles. The number of halogens is 1. The summed E-state index contributed by atoms with van der Waals surface area (Å²) in [5, 5.41) is 0.735. The molecule has 3 nitrogen and oxygen atoms in total. The van der Waals surface area contributed by atoms with Crippen molar-refractivity contribution in [2.45, 2.75) is 25.4 Å². The molecule has 1 atom stereocenters. The van der Waals surface area contributed by atoms with Gasteiger partial charge >= 0.3 is 0 Å². The zero-order valence-electron chi connectivity index (χ0n) is 14.1. The molecule has 1 heterocycles. The Morgan fingerprint density at radius 3 is 2.54 bits per heavy atom. The molecule has 1 aliphatic heterocycles. The van der Waals surface area contributed by atoms with E-state index in [1.165, 1.54) is 0 Å². The molecule has 1 saturated heterocycles. The third-order valence-electron chi connectivity index (χ3n) is 4.32. The smallest absolute Gasteiger partial charge is 0.120 e. The van der Waals surface area contributed by atoms with Crippen molar-refractivity contribution < 1.29 is 9.47 Å². The minimum atomic E-state index is -0.131. The van der Waals surface area contributed by atoms with Crippen molar-refractivity contribution in [2.24, 2.45) is 0 Å². The van der Waals surface area contributed by atoms with Gasteiger partial charge < -0.3 is 9.47 Å². The molecule has 0 saturated carbocycles. The molecule has 1 unspecified atom stereocenters. The first-order valence-corrected chi connectivity index (χ1v) is 8.86. The number of benzene rings is 2. The van der Waals surface area contributed by atoms with Crippen molar-refractivity contribution in [2.75, 3.05) is 26.2 Å². The highest BCUT2D eigenvalue weighted by Crippen LogP contribution is 2.28. The predicted molar refractivity (Wildman–Crippen MR) is 98.1 cm³/mol. The Morgan fingerprint density at radius 1 is 1.04 bits per heavy atom. The van der Waals surface area contributed by atoms with Crippen molar-refractivity contribution in [3.63, 3.8) is 0 Å². The molecule has 1 fully saturated rings. The number of para-hydroxylation sites is 1. The molecule has 0 aliphatic carbocycles. The van der Waals surface area contributed by atoms with Crippen LogP contribution in [0.1, 0.15) is 19.8 Å². The highest BCUT2D eigenvalue weighted by molar-refractivity contribution is 6.30. The molecule has 3 rings (SSSR count). The fourth-order valence-corrected chi connectivity index (χ4v) is 3.21. The minimum absolute atomic E-state index is 0.131. The van der Waals surface area contributed by atoms with Crippen LogP contribution in [0.2, 0.25) is 5.02 Å². The first-order valence-electron chi connectivity index (χ1n) is 8.48. The van der Waals surface area contributed by atoms with Crippen LogP contribution in [0.4, 0.5) is 0 Å². The topological polar surface area (TPSA) is 21.7 Å². The molecule has 24 heavy (non-hydrogen) atoms. The van der Waals surface area contributed by atoms with Gasteiger partial charge in [0, 0.05) is 31.1 Å². The van der Waals surface area contributed by atoms with Gasteiger partial charge in [-0.1, -0.05) is 29.8 Å². The second kappa shape index (κ2) is 7.91. The van der Waals surface area contributed by atoms with E-state index < -0.39 is 0 Å². The second-order valence-corrected chi connectivity index (χ2v) is 6.98. The lowest BCUT2D eigenvalue weighted by Gasteiger charge is -2.26. The van der Waals surface area contributed by atoms with Gasteiger partial charge in [-0.25, -0.2) is 0 Å². The second-order valence-electron chi connectivity index (χ2n) is 6.55. The van der Waals surface area contributed by atoms with E-state index in [0.29, 0.717) is 0 Å². The van der Waals surface area contributed by atoms with Crippen LogP contribution in [0, 0.1) is 0 Å². The number of hydrogen-bond donors (Lipinski definition) is 0. The van der Waals surface area contributed by atoms with E-state index in [1.54, 1.807) is 0 Å². The first-order chi connectivity index (χ1) is 11.6. The summed E-state index contributed by atoms with van der Waals surface area (Å²) in [6.07, 6.45) is 2.06. The van der Waals surface area contributed by atoms with Crippen LogP contribution < -0.4 is 9.47 Å². The molecule has 1 aliphatic rings. The van der Waals surface area contributed by atoms with Crippen molar-refractivity contribution in [1.82, 2.24) is 4.90 Å². The largest absolute Gasteiger partial charge is 0.494 e. The summed E-state index contributed by atoms with van der Waals surface area (Å²) >= 11 is 5.93. The highest BCUT2D eigenvalue weighted by atomic mass is 35.5. The fourth-order valence-electron chi connectivity index (χ4n) is 3.08. The minimum Gasteiger partial charge on any atom is -0.494 e. The van der Waals surface area contributed by atoms with E-state index in [1.807, 2.05) is 54.6 Å². The normalized spacial score (nSPS) is 20.9. The Bertz CT molecular complexity index is 632. The Labute approximate surface area is 149 Å². The highest BCUT2D eigenvalue weighted by Gasteiger charge is 2.35. The maximum absolute atomic E-state index is 6.19. The molecular weight excluding hydrogens is 322 g/mol. The maximum Gasteiger partial charge on any atom is 0.120 e. The van der Waals surface area contributed by atoms with Gasteiger partial charge in [-0.15, -0.1) is 0 Å². The van der Waals surface area contributed by atoms with Gasteiger partial charge in [-0.05, 0) is 49.7 Å². The third-order valence-corrected chi connectivity index (χ3v) is 4.58. The third kappa shape index (κ3) is 4.89. The average molecular weight is 346 g/mol. The zero-order valence-corrected chi connectivity index (χ0v) is 14.8. The lowest BCUT2D eigenvalue weighted by Crippen LogP contribution is -2.36. The van der Waals surface area contributed by atoms with E-state index in [2.05, 4.69) is 11.8 Å². The van der Waals surface area contributed by atoms with E-state index in [-0.39, 0.29) is 5.60 Å². The van der Waals surface area contributed by atoms with Gasteiger partial charge in [-0.3, -0.25) is 4.90 Å². The number of hydrogen-bond acceptors (Lipinski definition) is 3. The van der Waals surface area contributed by atoms with Crippen LogP contribution >= 0.6 is 11.6 Å². The maximum atomic E-state index is 6.19. The summed E-state index contributed by atoms with van der Waals surface area (Å²) in [4.78, 5) is 2.45. The Hall–Kier alpha value is -1.71. The fraction of sp³-hybridized carbons (Fsp3) is 0.400. The summed E-state index contributed by atoms with van der Waals surface area (Å²) in [7, 11) is 0. The predicted octanol–water partition coefficient (Wildman–Crippen LogP) is 4.65. The van der Waals surface area contributed by atoms with Crippen LogP contribution in [-0.2, 0) is 0 Å². The Balaban J connectivity index is 1.40. The molecule has 0 aromatic heterocycles. The quantitative estimate of drug-likeness (QED) is 0.682. The lowest BCUT2D eigenvalue weighted by molar-refractivity contribution is 0.0951. The van der Waals surface area contributed by atoms with Gasteiger partial charge in [0.2, 0.25) is 0 Å². The molecule has 4 heteroatoms. The summed E-state index contributed by atoms with van der Waals surface area (Å²) < 4.78 is 11.9. The SMILES string of the molecule is CC1(Oc2ccc(Cl)cc2)CCN(CCCOc2ccccc2)C1. The molecule has 0 N–H and O–H groups in total. The summed E-state index contributed by atoms with van der Waals surface area (Å²) in [6, 6.07) is 17.6. The Morgan fingerprint density at radius 2 is 1.79 bits per heavy atom. The van der Waals surface area contributed by atoms with Crippen molar-refractivity contribution >= 4 is 11.6 Å². The molecule has 0 amide bonds.